The van der Waals surface area contributed by atoms with Gasteiger partial charge in [-0.15, -0.1) is 0 Å². The van der Waals surface area contributed by atoms with Gasteiger partial charge in [-0.05, 0) is 37.1 Å². The quantitative estimate of drug-likeness (QED) is 0.756. The van der Waals surface area contributed by atoms with E-state index in [1.54, 1.807) is 0 Å². The van der Waals surface area contributed by atoms with Gasteiger partial charge < -0.3 is 26.0 Å². The van der Waals surface area contributed by atoms with Crippen molar-refractivity contribution in [2.75, 3.05) is 73.7 Å². The first-order valence-electron chi connectivity index (χ1n) is 10.5. The Hall–Kier alpha value is -2.58. The van der Waals surface area contributed by atoms with E-state index in [4.69, 9.17) is 16.2 Å². The van der Waals surface area contributed by atoms with Crippen molar-refractivity contribution < 1.29 is 4.74 Å². The molecule has 4 rings (SSSR count). The molecule has 2 saturated heterocycles. The Morgan fingerprint density at radius 1 is 0.897 bits per heavy atom. The molecule has 0 aliphatic carbocycles. The summed E-state index contributed by atoms with van der Waals surface area (Å²) in [6, 6.07) is 9.73. The average molecular weight is 398 g/mol. The molecule has 0 amide bonds. The molecule has 4 N–H and O–H groups in total. The van der Waals surface area contributed by atoms with Crippen LogP contribution in [-0.2, 0) is 4.74 Å². The lowest BCUT2D eigenvalue weighted by Crippen LogP contribution is -2.48. The Kier molecular flexibility index (Phi) is 6.31. The zero-order chi connectivity index (χ0) is 20.1. The number of nitrogens with zero attached hydrogens (tertiary/aromatic N) is 5. The van der Waals surface area contributed by atoms with Crippen LogP contribution in [0.25, 0.3) is 0 Å². The Labute approximate surface area is 172 Å². The van der Waals surface area contributed by atoms with Gasteiger partial charge in [0.25, 0.3) is 0 Å². The number of ether oxygens (including phenoxy) is 1. The third-order valence-corrected chi connectivity index (χ3v) is 5.79. The third-order valence-electron chi connectivity index (χ3n) is 5.79. The summed E-state index contributed by atoms with van der Waals surface area (Å²) < 4.78 is 6.17. The topological polar surface area (TPSA) is 96.8 Å². The van der Waals surface area contributed by atoms with Crippen LogP contribution >= 0.6 is 0 Å². The van der Waals surface area contributed by atoms with Crippen LogP contribution in [0.4, 0.5) is 23.1 Å². The number of anilines is 4. The van der Waals surface area contributed by atoms with E-state index in [0.29, 0.717) is 17.7 Å². The first-order valence-corrected chi connectivity index (χ1v) is 10.5. The molecule has 4 heterocycles. The van der Waals surface area contributed by atoms with Gasteiger partial charge in [0, 0.05) is 45.8 Å². The Morgan fingerprint density at radius 3 is 2.38 bits per heavy atom. The van der Waals surface area contributed by atoms with Crippen LogP contribution in [0.3, 0.4) is 0 Å². The van der Waals surface area contributed by atoms with E-state index in [2.05, 4.69) is 24.7 Å². The largest absolute Gasteiger partial charge is 0.384 e. The monoisotopic (exact) mass is 397 g/mol. The number of aromatic nitrogens is 2. The molecule has 0 unspecified atom stereocenters. The van der Waals surface area contributed by atoms with Crippen molar-refractivity contribution in [3.63, 3.8) is 0 Å². The van der Waals surface area contributed by atoms with Crippen LogP contribution in [0, 0.1) is 0 Å². The molecule has 8 nitrogen and oxygen atoms in total. The van der Waals surface area contributed by atoms with Gasteiger partial charge in [0.1, 0.15) is 17.5 Å². The van der Waals surface area contributed by atoms with Gasteiger partial charge in [-0.1, -0.05) is 6.07 Å². The highest BCUT2D eigenvalue weighted by molar-refractivity contribution is 5.48. The number of nitrogens with two attached hydrogens (primary N) is 2. The summed E-state index contributed by atoms with van der Waals surface area (Å²) in [5, 5.41) is 0. The number of rotatable bonds is 6. The molecular weight excluding hydrogens is 366 g/mol. The highest BCUT2D eigenvalue weighted by atomic mass is 16.5. The van der Waals surface area contributed by atoms with Gasteiger partial charge in [0.15, 0.2) is 0 Å². The Bertz CT molecular complexity index is 769. The van der Waals surface area contributed by atoms with E-state index in [9.17, 15) is 0 Å². The molecule has 2 aromatic rings. The summed E-state index contributed by atoms with van der Waals surface area (Å²) in [6.07, 6.45) is 4.32. The van der Waals surface area contributed by atoms with Crippen LogP contribution < -0.4 is 21.3 Å². The number of hydrogen-bond donors (Lipinski definition) is 2. The van der Waals surface area contributed by atoms with Crippen molar-refractivity contribution in [2.45, 2.75) is 18.9 Å². The zero-order valence-electron chi connectivity index (χ0n) is 16.9. The van der Waals surface area contributed by atoms with Crippen molar-refractivity contribution in [2.24, 2.45) is 0 Å². The lowest BCUT2D eigenvalue weighted by Gasteiger charge is -2.36. The fourth-order valence-electron chi connectivity index (χ4n) is 4.03. The zero-order valence-corrected chi connectivity index (χ0v) is 16.9. The minimum Gasteiger partial charge on any atom is -0.384 e. The Morgan fingerprint density at radius 2 is 1.69 bits per heavy atom. The predicted octanol–water partition coefficient (Wildman–Crippen LogP) is 1.45. The van der Waals surface area contributed by atoms with Crippen molar-refractivity contribution in [3.8, 4) is 0 Å². The Balaban J connectivity index is 1.13. The molecule has 2 aromatic heterocycles. The standard InChI is InChI=1S/C21H31N7O/c22-19-5-4-17(16-24-19)27-8-6-18(7-9-27)29-15-14-26-10-12-28(13-11-26)21-3-1-2-20(23)25-21/h1-5,16,18H,6-15H2,(H2,22,24)(H2,23,25). The van der Waals surface area contributed by atoms with Gasteiger partial charge in [-0.2, -0.15) is 0 Å². The minimum absolute atomic E-state index is 0.353. The van der Waals surface area contributed by atoms with E-state index in [1.807, 2.05) is 36.5 Å². The lowest BCUT2D eigenvalue weighted by atomic mass is 10.1. The van der Waals surface area contributed by atoms with E-state index < -0.39 is 0 Å². The van der Waals surface area contributed by atoms with Crippen LogP contribution in [0.15, 0.2) is 36.5 Å². The molecule has 0 radical (unpaired) electrons. The van der Waals surface area contributed by atoms with Crippen molar-refractivity contribution in [1.82, 2.24) is 14.9 Å². The molecule has 2 aliphatic heterocycles. The minimum atomic E-state index is 0.353. The molecule has 0 spiro atoms. The SMILES string of the molecule is Nc1ccc(N2CCC(OCCN3CCN(c4cccc(N)n4)CC3)CC2)cn1. The van der Waals surface area contributed by atoms with Crippen LogP contribution in [-0.4, -0.2) is 73.4 Å². The second-order valence-corrected chi connectivity index (χ2v) is 7.75. The van der Waals surface area contributed by atoms with Crippen LogP contribution in [0.2, 0.25) is 0 Å². The molecule has 0 bridgehead atoms. The lowest BCUT2D eigenvalue weighted by molar-refractivity contribution is 0.0229. The van der Waals surface area contributed by atoms with Gasteiger partial charge in [0.2, 0.25) is 0 Å². The molecule has 156 valence electrons. The maximum Gasteiger partial charge on any atom is 0.131 e. The maximum atomic E-state index is 6.17. The molecule has 29 heavy (non-hydrogen) atoms. The van der Waals surface area contributed by atoms with Crippen molar-refractivity contribution in [1.29, 1.82) is 0 Å². The molecule has 0 saturated carbocycles. The molecule has 0 atom stereocenters. The fraction of sp³-hybridized carbons (Fsp3) is 0.524. The van der Waals surface area contributed by atoms with Gasteiger partial charge in [-0.25, -0.2) is 9.97 Å². The molecule has 2 aliphatic rings. The normalized spacial score (nSPS) is 18.9. The van der Waals surface area contributed by atoms with Gasteiger partial charge in [0.05, 0.1) is 24.6 Å². The second-order valence-electron chi connectivity index (χ2n) is 7.75. The first-order chi connectivity index (χ1) is 14.2. The smallest absolute Gasteiger partial charge is 0.131 e. The average Bonchev–Trinajstić information content (AvgIpc) is 2.75. The molecule has 2 fully saturated rings. The number of pyridine rings is 2. The van der Waals surface area contributed by atoms with Crippen LogP contribution in [0.5, 0.6) is 0 Å². The second kappa shape index (κ2) is 9.28. The van der Waals surface area contributed by atoms with Crippen LogP contribution in [0.1, 0.15) is 12.8 Å². The number of piperazine rings is 1. The van der Waals surface area contributed by atoms with Gasteiger partial charge in [-0.3, -0.25) is 4.90 Å². The number of nitrogen functional groups attached to an aromatic ring is 2. The summed E-state index contributed by atoms with van der Waals surface area (Å²) in [6.45, 7) is 7.80. The number of piperidine rings is 1. The summed E-state index contributed by atoms with van der Waals surface area (Å²) >= 11 is 0. The first kappa shape index (κ1) is 19.7. The molecule has 8 heteroatoms. The summed E-state index contributed by atoms with van der Waals surface area (Å²) in [7, 11) is 0. The summed E-state index contributed by atoms with van der Waals surface area (Å²) in [5.74, 6) is 2.12. The fourth-order valence-corrected chi connectivity index (χ4v) is 4.03. The summed E-state index contributed by atoms with van der Waals surface area (Å²) in [4.78, 5) is 15.7. The highest BCUT2D eigenvalue weighted by Crippen LogP contribution is 2.21. The summed E-state index contributed by atoms with van der Waals surface area (Å²) in [5.41, 5.74) is 12.6. The van der Waals surface area contributed by atoms with Crippen molar-refractivity contribution in [3.05, 3.63) is 36.5 Å². The molecular formula is C21H31N7O. The highest BCUT2D eigenvalue weighted by Gasteiger charge is 2.21. The molecule has 0 aromatic carbocycles. The number of hydrogen-bond acceptors (Lipinski definition) is 8. The third kappa shape index (κ3) is 5.27. The van der Waals surface area contributed by atoms with E-state index in [0.717, 1.165) is 76.8 Å². The van der Waals surface area contributed by atoms with E-state index in [-0.39, 0.29) is 0 Å². The van der Waals surface area contributed by atoms with Crippen molar-refractivity contribution >= 4 is 23.1 Å². The van der Waals surface area contributed by atoms with E-state index in [1.165, 1.54) is 0 Å². The van der Waals surface area contributed by atoms with E-state index >= 15 is 0 Å². The van der Waals surface area contributed by atoms with Gasteiger partial charge >= 0.3 is 0 Å². The predicted molar refractivity (Wildman–Crippen MR) is 117 cm³/mol. The maximum absolute atomic E-state index is 6.17.